The Morgan fingerprint density at radius 2 is 1.81 bits per heavy atom. The first-order chi connectivity index (χ1) is 15.4. The van der Waals surface area contributed by atoms with Gasteiger partial charge in [-0.05, 0) is 48.2 Å². The number of halogens is 1. The van der Waals surface area contributed by atoms with E-state index in [-0.39, 0.29) is 24.0 Å². The number of Topliss-reactive ketones (excluding diaryl/α,β-unsaturated/α-hetero) is 1. The summed E-state index contributed by atoms with van der Waals surface area (Å²) >= 11 is 5.95. The van der Waals surface area contributed by atoms with Crippen LogP contribution in [0.1, 0.15) is 42.7 Å². The van der Waals surface area contributed by atoms with Gasteiger partial charge >= 0.3 is 0 Å². The summed E-state index contributed by atoms with van der Waals surface area (Å²) in [5.74, 6) is 1.02. The van der Waals surface area contributed by atoms with Crippen molar-refractivity contribution in [1.29, 1.82) is 0 Å². The highest BCUT2D eigenvalue weighted by Gasteiger charge is 2.40. The van der Waals surface area contributed by atoms with Gasteiger partial charge in [0.1, 0.15) is 6.61 Å². The van der Waals surface area contributed by atoms with Gasteiger partial charge in [0.05, 0.1) is 7.11 Å². The summed E-state index contributed by atoms with van der Waals surface area (Å²) in [6, 6.07) is 13.1. The maximum absolute atomic E-state index is 13.0. The van der Waals surface area contributed by atoms with Crippen molar-refractivity contribution in [3.8, 4) is 11.5 Å². The lowest BCUT2D eigenvalue weighted by atomic mass is 9.77. The normalized spacial score (nSPS) is 18.8. The third-order valence-corrected chi connectivity index (χ3v) is 6.20. The van der Waals surface area contributed by atoms with E-state index in [1.54, 1.807) is 17.1 Å². The number of ether oxygens (including phenoxy) is 2. The monoisotopic (exact) mass is 454 g/mol. The molecule has 0 fully saturated rings. The highest BCUT2D eigenvalue weighted by Crippen LogP contribution is 2.43. The summed E-state index contributed by atoms with van der Waals surface area (Å²) in [6.45, 7) is 0.375. The van der Waals surface area contributed by atoms with E-state index in [1.165, 1.54) is 0 Å². The minimum Gasteiger partial charge on any atom is -0.493 e. The molecule has 168 valence electrons. The molecule has 0 aromatic heterocycles. The minimum atomic E-state index is -0.277. The van der Waals surface area contributed by atoms with Crippen LogP contribution in [0.5, 0.6) is 11.5 Å². The van der Waals surface area contributed by atoms with Gasteiger partial charge in [-0.2, -0.15) is 0 Å². The maximum atomic E-state index is 13.0. The van der Waals surface area contributed by atoms with Gasteiger partial charge < -0.3 is 9.47 Å². The van der Waals surface area contributed by atoms with Crippen LogP contribution in [0.25, 0.3) is 0 Å². The van der Waals surface area contributed by atoms with Gasteiger partial charge in [-0.3, -0.25) is 9.59 Å². The number of amides is 1. The molecule has 1 amide bonds. The summed E-state index contributed by atoms with van der Waals surface area (Å²) in [4.78, 5) is 25.9. The van der Waals surface area contributed by atoms with E-state index < -0.39 is 0 Å². The molecule has 0 N–H and O–H groups in total. The predicted octanol–water partition coefficient (Wildman–Crippen LogP) is 4.73. The van der Waals surface area contributed by atoms with Crippen LogP contribution in [0.4, 0.5) is 0 Å². The Kier molecular flexibility index (Phi) is 6.53. The molecule has 1 unspecified atom stereocenters. The van der Waals surface area contributed by atoms with E-state index in [0.29, 0.717) is 29.5 Å². The molecule has 0 saturated carbocycles. The number of rotatable bonds is 6. The zero-order valence-corrected chi connectivity index (χ0v) is 19.3. The first-order valence-electron chi connectivity index (χ1n) is 10.7. The number of carbonyl (C=O) groups is 2. The van der Waals surface area contributed by atoms with Crippen molar-refractivity contribution in [2.75, 3.05) is 21.2 Å². The quantitative estimate of drug-likeness (QED) is 0.631. The van der Waals surface area contributed by atoms with E-state index in [9.17, 15) is 9.59 Å². The van der Waals surface area contributed by atoms with E-state index in [0.717, 1.165) is 35.2 Å². The fraction of sp³-hybridized carbons (Fsp3) is 0.360. The van der Waals surface area contributed by atoms with Crippen LogP contribution in [-0.4, -0.2) is 42.9 Å². The molecular formula is C25H27ClN2O4. The number of hydrogen-bond donors (Lipinski definition) is 0. The van der Waals surface area contributed by atoms with Crippen LogP contribution in [0.15, 0.2) is 53.7 Å². The molecule has 1 aliphatic carbocycles. The molecule has 2 aliphatic rings. The minimum absolute atomic E-state index is 0.00418. The number of hydrogen-bond acceptors (Lipinski definition) is 5. The van der Waals surface area contributed by atoms with E-state index in [2.05, 4.69) is 0 Å². The number of carbonyl (C=O) groups excluding carboxylic acids is 2. The molecule has 0 saturated heterocycles. The lowest BCUT2D eigenvalue weighted by Gasteiger charge is -2.41. The van der Waals surface area contributed by atoms with Crippen LogP contribution in [-0.2, 0) is 16.2 Å². The molecule has 2 aromatic carbocycles. The summed E-state index contributed by atoms with van der Waals surface area (Å²) in [6.07, 6.45) is 2.25. The molecule has 2 aromatic rings. The lowest BCUT2D eigenvalue weighted by molar-refractivity contribution is -0.143. The third-order valence-electron chi connectivity index (χ3n) is 5.95. The Morgan fingerprint density at radius 1 is 1.06 bits per heavy atom. The Hall–Kier alpha value is -2.83. The van der Waals surface area contributed by atoms with Gasteiger partial charge in [0.2, 0.25) is 5.91 Å². The van der Waals surface area contributed by atoms with Crippen molar-refractivity contribution in [3.05, 3.63) is 69.9 Å². The molecule has 0 bridgehead atoms. The number of nitrogens with zero attached hydrogens (tertiary/aromatic N) is 2. The van der Waals surface area contributed by atoms with Gasteiger partial charge in [0.25, 0.3) is 0 Å². The molecule has 0 spiro atoms. The van der Waals surface area contributed by atoms with Gasteiger partial charge in [0, 0.05) is 49.1 Å². The second-order valence-corrected chi connectivity index (χ2v) is 8.71. The number of allylic oxidation sites excluding steroid dienone is 2. The Labute approximate surface area is 193 Å². The van der Waals surface area contributed by atoms with Crippen molar-refractivity contribution in [3.63, 3.8) is 0 Å². The molecule has 0 radical (unpaired) electrons. The van der Waals surface area contributed by atoms with Crippen LogP contribution in [0.2, 0.25) is 5.02 Å². The zero-order valence-electron chi connectivity index (χ0n) is 18.6. The van der Waals surface area contributed by atoms with Crippen LogP contribution in [0, 0.1) is 0 Å². The summed E-state index contributed by atoms with van der Waals surface area (Å²) < 4.78 is 11.5. The fourth-order valence-electron chi connectivity index (χ4n) is 4.49. The largest absolute Gasteiger partial charge is 0.493 e. The van der Waals surface area contributed by atoms with E-state index in [4.69, 9.17) is 21.1 Å². The topological polar surface area (TPSA) is 59.1 Å². The molecule has 7 heteroatoms. The predicted molar refractivity (Wildman–Crippen MR) is 123 cm³/mol. The Bertz CT molecular complexity index is 1060. The standard InChI is InChI=1S/C25H27ClN2O4/c1-27(2)28-20-5-4-6-21(29)25(20)19(14-24(28)30)17-9-12-22(23(13-17)31-3)32-15-16-7-10-18(26)11-8-16/h7-13,19H,4-6,14-15H2,1-3H3. The number of methoxy groups -OCH3 is 1. The molecule has 1 heterocycles. The first-order valence-corrected chi connectivity index (χ1v) is 11.1. The van der Waals surface area contributed by atoms with Crippen molar-refractivity contribution in [1.82, 2.24) is 10.0 Å². The number of hydrazine groups is 1. The van der Waals surface area contributed by atoms with Gasteiger partial charge in [-0.1, -0.05) is 29.8 Å². The Balaban J connectivity index is 1.64. The highest BCUT2D eigenvalue weighted by molar-refractivity contribution is 6.30. The first kappa shape index (κ1) is 22.4. The van der Waals surface area contributed by atoms with Gasteiger partial charge in [0.15, 0.2) is 17.3 Å². The van der Waals surface area contributed by atoms with Crippen molar-refractivity contribution in [2.24, 2.45) is 0 Å². The molecule has 4 rings (SSSR count). The second kappa shape index (κ2) is 9.35. The van der Waals surface area contributed by atoms with Gasteiger partial charge in [-0.15, -0.1) is 0 Å². The Morgan fingerprint density at radius 3 is 2.50 bits per heavy atom. The van der Waals surface area contributed by atoms with E-state index >= 15 is 0 Å². The van der Waals surface area contributed by atoms with Crippen molar-refractivity contribution >= 4 is 23.3 Å². The van der Waals surface area contributed by atoms with Gasteiger partial charge in [-0.25, -0.2) is 10.0 Å². The molecule has 1 aliphatic heterocycles. The molecule has 1 atom stereocenters. The number of ketones is 1. The van der Waals surface area contributed by atoms with Crippen LogP contribution in [0.3, 0.4) is 0 Å². The maximum Gasteiger partial charge on any atom is 0.242 e. The van der Waals surface area contributed by atoms with Crippen LogP contribution < -0.4 is 9.47 Å². The molecule has 32 heavy (non-hydrogen) atoms. The average molecular weight is 455 g/mol. The second-order valence-electron chi connectivity index (χ2n) is 8.27. The van der Waals surface area contributed by atoms with Crippen molar-refractivity contribution < 1.29 is 19.1 Å². The SMILES string of the molecule is COc1cc(C2CC(=O)N(N(C)C)C3=C2C(=O)CCC3)ccc1OCc1ccc(Cl)cc1. The smallest absolute Gasteiger partial charge is 0.242 e. The van der Waals surface area contributed by atoms with Crippen LogP contribution >= 0.6 is 11.6 Å². The molecule has 6 nitrogen and oxygen atoms in total. The van der Waals surface area contributed by atoms with Crippen molar-refractivity contribution in [2.45, 2.75) is 38.2 Å². The summed E-state index contributed by atoms with van der Waals surface area (Å²) in [7, 11) is 5.25. The third kappa shape index (κ3) is 4.38. The van der Waals surface area contributed by atoms with E-state index in [1.807, 2.05) is 56.6 Å². The lowest BCUT2D eigenvalue weighted by Crippen LogP contribution is -2.47. The zero-order chi connectivity index (χ0) is 22.8. The highest BCUT2D eigenvalue weighted by atomic mass is 35.5. The number of benzene rings is 2. The summed E-state index contributed by atoms with van der Waals surface area (Å²) in [5.41, 5.74) is 3.45. The summed E-state index contributed by atoms with van der Waals surface area (Å²) in [5, 5.41) is 4.10. The average Bonchev–Trinajstić information content (AvgIpc) is 2.78. The molecular weight excluding hydrogens is 428 g/mol. The fourth-order valence-corrected chi connectivity index (χ4v) is 4.61.